The van der Waals surface area contributed by atoms with Crippen LogP contribution in [0.3, 0.4) is 0 Å². The quantitative estimate of drug-likeness (QED) is 0.839. The first kappa shape index (κ1) is 17.6. The zero-order valence-electron chi connectivity index (χ0n) is 14.6. The number of rotatable bonds is 7. The van der Waals surface area contributed by atoms with Crippen molar-refractivity contribution in [2.75, 3.05) is 19.6 Å². The molecule has 6 heteroatoms. The van der Waals surface area contributed by atoms with Crippen LogP contribution in [0.15, 0.2) is 36.5 Å². The lowest BCUT2D eigenvalue weighted by molar-refractivity contribution is -0.121. The number of likely N-dealkylation sites (tertiary alicyclic amines) is 1. The van der Waals surface area contributed by atoms with Gasteiger partial charge < -0.3 is 5.32 Å². The number of aromatic nitrogens is 2. The second kappa shape index (κ2) is 8.25. The van der Waals surface area contributed by atoms with E-state index in [1.165, 1.54) is 6.07 Å². The molecule has 25 heavy (non-hydrogen) atoms. The van der Waals surface area contributed by atoms with Crippen molar-refractivity contribution in [3.8, 4) is 0 Å². The van der Waals surface area contributed by atoms with Crippen molar-refractivity contribution >= 4 is 5.91 Å². The summed E-state index contributed by atoms with van der Waals surface area (Å²) in [5.41, 5.74) is 1.69. The van der Waals surface area contributed by atoms with Crippen molar-refractivity contribution in [1.82, 2.24) is 20.0 Å². The maximum atomic E-state index is 14.2. The van der Waals surface area contributed by atoms with E-state index in [0.717, 1.165) is 31.6 Å². The van der Waals surface area contributed by atoms with E-state index in [-0.39, 0.29) is 17.8 Å². The highest BCUT2D eigenvalue weighted by Crippen LogP contribution is 2.26. The number of carbonyl (C=O) groups excluding carboxylic acids is 1. The normalized spacial score (nSPS) is 16.1. The lowest BCUT2D eigenvalue weighted by atomic mass is 10.0. The first-order valence-electron chi connectivity index (χ1n) is 8.87. The third kappa shape index (κ3) is 4.45. The molecular weight excluding hydrogens is 319 g/mol. The zero-order valence-corrected chi connectivity index (χ0v) is 14.6. The van der Waals surface area contributed by atoms with Gasteiger partial charge >= 0.3 is 0 Å². The highest BCUT2D eigenvalue weighted by Gasteiger charge is 2.25. The Morgan fingerprint density at radius 1 is 1.28 bits per heavy atom. The average molecular weight is 344 g/mol. The molecule has 0 radical (unpaired) electrons. The number of hydrogen-bond donors (Lipinski definition) is 1. The topological polar surface area (TPSA) is 50.2 Å². The summed E-state index contributed by atoms with van der Waals surface area (Å²) in [5, 5.41) is 7.10. The van der Waals surface area contributed by atoms with E-state index in [2.05, 4.69) is 15.3 Å². The van der Waals surface area contributed by atoms with E-state index in [9.17, 15) is 9.18 Å². The first-order chi connectivity index (χ1) is 12.1. The molecule has 0 saturated carbocycles. The summed E-state index contributed by atoms with van der Waals surface area (Å²) in [5.74, 6) is -0.217. The maximum Gasteiger partial charge on any atom is 0.220 e. The molecule has 1 amide bonds. The van der Waals surface area contributed by atoms with Crippen molar-refractivity contribution in [2.24, 2.45) is 7.05 Å². The van der Waals surface area contributed by atoms with E-state index in [1.54, 1.807) is 16.9 Å². The van der Waals surface area contributed by atoms with Gasteiger partial charge in [-0.15, -0.1) is 0 Å². The summed E-state index contributed by atoms with van der Waals surface area (Å²) < 4.78 is 16.0. The predicted molar refractivity (Wildman–Crippen MR) is 94.5 cm³/mol. The second-order valence-corrected chi connectivity index (χ2v) is 6.53. The van der Waals surface area contributed by atoms with Crippen molar-refractivity contribution in [3.63, 3.8) is 0 Å². The van der Waals surface area contributed by atoms with E-state index in [4.69, 9.17) is 0 Å². The Labute approximate surface area is 147 Å². The molecule has 1 aliphatic rings. The molecule has 0 spiro atoms. The molecule has 1 aromatic carbocycles. The second-order valence-electron chi connectivity index (χ2n) is 6.53. The fourth-order valence-electron chi connectivity index (χ4n) is 3.42. The first-order valence-corrected chi connectivity index (χ1v) is 8.87. The Bertz CT molecular complexity index is 709. The maximum absolute atomic E-state index is 14.2. The zero-order chi connectivity index (χ0) is 17.6. The van der Waals surface area contributed by atoms with Gasteiger partial charge in [0.1, 0.15) is 5.82 Å². The smallest absolute Gasteiger partial charge is 0.220 e. The molecule has 134 valence electrons. The van der Waals surface area contributed by atoms with Gasteiger partial charge in [-0.1, -0.05) is 18.2 Å². The van der Waals surface area contributed by atoms with Gasteiger partial charge in [0.15, 0.2) is 0 Å². The highest BCUT2D eigenvalue weighted by atomic mass is 19.1. The van der Waals surface area contributed by atoms with Gasteiger partial charge in [0.25, 0.3) is 0 Å². The molecule has 1 atom stereocenters. The number of amides is 1. The minimum Gasteiger partial charge on any atom is -0.354 e. The lowest BCUT2D eigenvalue weighted by Crippen LogP contribution is -2.37. The third-order valence-electron chi connectivity index (χ3n) is 4.87. The van der Waals surface area contributed by atoms with Crippen LogP contribution in [0, 0.1) is 5.82 Å². The van der Waals surface area contributed by atoms with Crippen LogP contribution in [0.25, 0.3) is 0 Å². The minimum absolute atomic E-state index is 0.0123. The standard InChI is InChI=1S/C19H25FN4O/c1-23-15(10-11-22-23)8-9-19(25)21-14-18(24-12-4-5-13-24)16-6-2-3-7-17(16)20/h2-3,6-7,10-11,18H,4-5,8-9,12-14H2,1H3,(H,21,25)/t18-/m0/s1. The molecule has 0 unspecified atom stereocenters. The molecule has 1 aromatic heterocycles. The molecule has 1 fully saturated rings. The highest BCUT2D eigenvalue weighted by molar-refractivity contribution is 5.76. The Morgan fingerprint density at radius 2 is 2.04 bits per heavy atom. The van der Waals surface area contributed by atoms with Gasteiger partial charge in [-0.3, -0.25) is 14.4 Å². The number of hydrogen-bond acceptors (Lipinski definition) is 3. The van der Waals surface area contributed by atoms with Gasteiger partial charge in [-0.25, -0.2) is 4.39 Å². The number of aryl methyl sites for hydroxylation is 2. The van der Waals surface area contributed by atoms with Gasteiger partial charge in [0.2, 0.25) is 5.91 Å². The number of carbonyl (C=O) groups is 1. The molecule has 2 aromatic rings. The van der Waals surface area contributed by atoms with Gasteiger partial charge in [0.05, 0.1) is 6.04 Å². The SMILES string of the molecule is Cn1nccc1CCC(=O)NC[C@@H](c1ccccc1F)N1CCCC1. The van der Waals surface area contributed by atoms with Crippen LogP contribution in [0.4, 0.5) is 4.39 Å². The van der Waals surface area contributed by atoms with Crippen LogP contribution in [0.2, 0.25) is 0 Å². The number of nitrogens with zero attached hydrogens (tertiary/aromatic N) is 3. The van der Waals surface area contributed by atoms with Crippen LogP contribution < -0.4 is 5.32 Å². The summed E-state index contributed by atoms with van der Waals surface area (Å²) >= 11 is 0. The van der Waals surface area contributed by atoms with E-state index >= 15 is 0 Å². The van der Waals surface area contributed by atoms with Gasteiger partial charge in [-0.2, -0.15) is 5.10 Å². The summed E-state index contributed by atoms with van der Waals surface area (Å²) in [6, 6.07) is 8.67. The summed E-state index contributed by atoms with van der Waals surface area (Å²) in [6.07, 6.45) is 5.04. The number of halogens is 1. The Balaban J connectivity index is 1.59. The van der Waals surface area contributed by atoms with E-state index in [1.807, 2.05) is 25.2 Å². The monoisotopic (exact) mass is 344 g/mol. The molecule has 0 bridgehead atoms. The van der Waals surface area contributed by atoms with Crippen molar-refractivity contribution in [1.29, 1.82) is 0 Å². The van der Waals surface area contributed by atoms with Crippen LogP contribution in [-0.2, 0) is 18.3 Å². The molecular formula is C19H25FN4O. The third-order valence-corrected chi connectivity index (χ3v) is 4.87. The van der Waals surface area contributed by atoms with Crippen molar-refractivity contribution in [3.05, 3.63) is 53.6 Å². The summed E-state index contributed by atoms with van der Waals surface area (Å²) in [4.78, 5) is 14.5. The summed E-state index contributed by atoms with van der Waals surface area (Å²) in [7, 11) is 1.87. The predicted octanol–water partition coefficient (Wildman–Crippen LogP) is 2.45. The van der Waals surface area contributed by atoms with E-state index < -0.39 is 0 Å². The summed E-state index contributed by atoms with van der Waals surface area (Å²) in [6.45, 7) is 2.33. The fraction of sp³-hybridized carbons (Fsp3) is 0.474. The van der Waals surface area contributed by atoms with Crippen molar-refractivity contribution in [2.45, 2.75) is 31.7 Å². The molecule has 1 N–H and O–H groups in total. The van der Waals surface area contributed by atoms with Gasteiger partial charge in [0, 0.05) is 37.5 Å². The van der Waals surface area contributed by atoms with Crippen LogP contribution >= 0.6 is 0 Å². The Hall–Kier alpha value is -2.21. The number of nitrogens with one attached hydrogen (secondary N) is 1. The van der Waals surface area contributed by atoms with Crippen LogP contribution in [-0.4, -0.2) is 40.2 Å². The number of benzene rings is 1. The van der Waals surface area contributed by atoms with Gasteiger partial charge in [-0.05, 0) is 44.5 Å². The van der Waals surface area contributed by atoms with E-state index in [0.29, 0.717) is 24.9 Å². The van der Waals surface area contributed by atoms with Crippen LogP contribution in [0.1, 0.15) is 36.6 Å². The largest absolute Gasteiger partial charge is 0.354 e. The fourth-order valence-corrected chi connectivity index (χ4v) is 3.42. The molecule has 1 saturated heterocycles. The molecule has 5 nitrogen and oxygen atoms in total. The Kier molecular flexibility index (Phi) is 5.81. The molecule has 2 heterocycles. The van der Waals surface area contributed by atoms with Crippen LogP contribution in [0.5, 0.6) is 0 Å². The molecule has 3 rings (SSSR count). The molecule has 1 aliphatic heterocycles. The molecule has 0 aliphatic carbocycles. The van der Waals surface area contributed by atoms with Crippen molar-refractivity contribution < 1.29 is 9.18 Å². The Morgan fingerprint density at radius 3 is 2.72 bits per heavy atom. The average Bonchev–Trinajstić information content (AvgIpc) is 3.27. The lowest BCUT2D eigenvalue weighted by Gasteiger charge is -2.28. The minimum atomic E-state index is -0.205.